The highest BCUT2D eigenvalue weighted by atomic mass is 35.5. The normalized spacial score (nSPS) is 17.7. The molecule has 0 aliphatic carbocycles. The predicted octanol–water partition coefficient (Wildman–Crippen LogP) is 4.50. The van der Waals surface area contributed by atoms with E-state index < -0.39 is 31.5 Å². The van der Waals surface area contributed by atoms with Gasteiger partial charge in [-0.3, -0.25) is 9.52 Å². The van der Waals surface area contributed by atoms with Crippen LogP contribution in [0.4, 0.5) is 10.1 Å². The molecule has 1 atom stereocenters. The molecule has 0 radical (unpaired) electrons. The van der Waals surface area contributed by atoms with Crippen molar-refractivity contribution in [2.24, 2.45) is 4.36 Å². The summed E-state index contributed by atoms with van der Waals surface area (Å²) in [6, 6.07) is 15.8. The molecule has 1 amide bonds. The second-order valence-electron chi connectivity index (χ2n) is 6.86. The second kappa shape index (κ2) is 8.07. The SMILES string of the molecule is O=C(N=S1(=O)CCc2ccccc21)c1ccc(NS(=O)(=O)c2ccc(F)c(Cl)c2)cc1. The molecule has 6 nitrogen and oxygen atoms in total. The number of benzene rings is 3. The van der Waals surface area contributed by atoms with Crippen LogP contribution in [0.2, 0.25) is 5.02 Å². The Kier molecular flexibility index (Phi) is 5.59. The van der Waals surface area contributed by atoms with Crippen molar-refractivity contribution in [1.82, 2.24) is 0 Å². The Hall–Kier alpha value is -2.75. The fourth-order valence-electron chi connectivity index (χ4n) is 3.20. The fraction of sp³-hybridized carbons (Fsp3) is 0.0952. The van der Waals surface area contributed by atoms with Gasteiger partial charge in [0.15, 0.2) is 0 Å². The molecule has 1 heterocycles. The molecule has 1 N–H and O–H groups in total. The smallest absolute Gasteiger partial charge is 0.280 e. The van der Waals surface area contributed by atoms with Gasteiger partial charge >= 0.3 is 0 Å². The van der Waals surface area contributed by atoms with Crippen LogP contribution in [0, 0.1) is 5.82 Å². The van der Waals surface area contributed by atoms with Gasteiger partial charge in [-0.2, -0.15) is 4.36 Å². The summed E-state index contributed by atoms with van der Waals surface area (Å²) in [5.41, 5.74) is 1.29. The number of nitrogens with zero attached hydrogens (tertiary/aromatic N) is 1. The molecule has 31 heavy (non-hydrogen) atoms. The Balaban J connectivity index is 1.55. The van der Waals surface area contributed by atoms with E-state index in [2.05, 4.69) is 9.08 Å². The summed E-state index contributed by atoms with van der Waals surface area (Å²) >= 11 is 5.65. The maximum Gasteiger partial charge on any atom is 0.285 e. The molecule has 0 aromatic heterocycles. The topological polar surface area (TPSA) is 92.7 Å². The first-order valence-corrected chi connectivity index (χ1v) is 12.7. The van der Waals surface area contributed by atoms with Crippen LogP contribution in [-0.2, 0) is 26.2 Å². The molecule has 0 fully saturated rings. The van der Waals surface area contributed by atoms with Gasteiger partial charge in [-0.25, -0.2) is 17.0 Å². The van der Waals surface area contributed by atoms with Gasteiger partial charge in [-0.1, -0.05) is 29.8 Å². The van der Waals surface area contributed by atoms with E-state index in [1.54, 1.807) is 12.1 Å². The Morgan fingerprint density at radius 2 is 1.77 bits per heavy atom. The minimum absolute atomic E-state index is 0.180. The summed E-state index contributed by atoms with van der Waals surface area (Å²) in [4.78, 5) is 13.0. The fourth-order valence-corrected chi connectivity index (χ4v) is 6.68. The molecular weight excluding hydrogens is 463 g/mol. The van der Waals surface area contributed by atoms with Gasteiger partial charge in [0.25, 0.3) is 15.9 Å². The first kappa shape index (κ1) is 21.5. The van der Waals surface area contributed by atoms with Gasteiger partial charge in [0, 0.05) is 17.0 Å². The second-order valence-corrected chi connectivity index (χ2v) is 11.3. The monoisotopic (exact) mass is 478 g/mol. The van der Waals surface area contributed by atoms with Crippen LogP contribution < -0.4 is 4.72 Å². The number of carbonyl (C=O) groups is 1. The molecule has 1 unspecified atom stereocenters. The third-order valence-electron chi connectivity index (χ3n) is 4.78. The number of hydrogen-bond donors (Lipinski definition) is 1. The maximum absolute atomic E-state index is 13.3. The van der Waals surface area contributed by atoms with Crippen LogP contribution in [0.5, 0.6) is 0 Å². The maximum atomic E-state index is 13.3. The van der Waals surface area contributed by atoms with Crippen LogP contribution in [0.25, 0.3) is 0 Å². The molecule has 0 saturated heterocycles. The molecule has 4 rings (SSSR count). The summed E-state index contributed by atoms with van der Waals surface area (Å²) in [7, 11) is -6.83. The van der Waals surface area contributed by atoms with E-state index in [4.69, 9.17) is 11.6 Å². The lowest BCUT2D eigenvalue weighted by molar-refractivity contribution is 0.100. The first-order chi connectivity index (χ1) is 14.7. The van der Waals surface area contributed by atoms with Crippen molar-refractivity contribution in [2.75, 3.05) is 10.5 Å². The zero-order valence-corrected chi connectivity index (χ0v) is 18.3. The molecule has 160 valence electrons. The van der Waals surface area contributed by atoms with Crippen molar-refractivity contribution in [3.05, 3.63) is 88.7 Å². The number of fused-ring (bicyclic) bond motifs is 1. The van der Waals surface area contributed by atoms with Crippen molar-refractivity contribution in [1.29, 1.82) is 0 Å². The average Bonchev–Trinajstić information content (AvgIpc) is 3.07. The zero-order valence-electron chi connectivity index (χ0n) is 15.9. The lowest BCUT2D eigenvalue weighted by Gasteiger charge is -2.09. The quantitative estimate of drug-likeness (QED) is 0.597. The number of amides is 1. The number of rotatable bonds is 4. The van der Waals surface area contributed by atoms with Gasteiger partial charge in [0.2, 0.25) is 0 Å². The van der Waals surface area contributed by atoms with Crippen molar-refractivity contribution in [3.8, 4) is 0 Å². The molecular formula is C21H16ClFN2O4S2. The zero-order chi connectivity index (χ0) is 22.2. The number of carbonyl (C=O) groups excluding carboxylic acids is 1. The summed E-state index contributed by atoms with van der Waals surface area (Å²) in [6.07, 6.45) is 0.597. The summed E-state index contributed by atoms with van der Waals surface area (Å²) in [6.45, 7) is 0. The minimum Gasteiger partial charge on any atom is -0.280 e. The van der Waals surface area contributed by atoms with E-state index in [1.807, 2.05) is 12.1 Å². The first-order valence-electron chi connectivity index (χ1n) is 9.13. The van der Waals surface area contributed by atoms with Crippen LogP contribution in [-0.4, -0.2) is 24.3 Å². The Bertz CT molecular complexity index is 1410. The predicted molar refractivity (Wildman–Crippen MR) is 117 cm³/mol. The number of aryl methyl sites for hydroxylation is 1. The summed E-state index contributed by atoms with van der Waals surface area (Å²) in [5.74, 6) is -1.08. The van der Waals surface area contributed by atoms with Crippen molar-refractivity contribution < 1.29 is 21.8 Å². The van der Waals surface area contributed by atoms with E-state index in [9.17, 15) is 21.8 Å². The number of anilines is 1. The van der Waals surface area contributed by atoms with Crippen LogP contribution in [0.1, 0.15) is 15.9 Å². The lowest BCUT2D eigenvalue weighted by atomic mass is 10.2. The molecule has 0 saturated carbocycles. The van der Waals surface area contributed by atoms with Crippen molar-refractivity contribution >= 4 is 42.9 Å². The molecule has 10 heteroatoms. The third kappa shape index (κ3) is 4.34. The van der Waals surface area contributed by atoms with E-state index in [0.29, 0.717) is 11.3 Å². The highest BCUT2D eigenvalue weighted by molar-refractivity contribution is 7.94. The molecule has 1 aliphatic heterocycles. The van der Waals surface area contributed by atoms with Gasteiger partial charge in [0.05, 0.1) is 24.5 Å². The standard InChI is InChI=1S/C21H16ClFN2O4S2/c22-18-13-17(9-10-19(18)23)31(28,29)24-16-7-5-15(6-8-16)21(26)25-30(27)12-11-14-3-1-2-4-20(14)30/h1-10,13,24H,11-12H2. The highest BCUT2D eigenvalue weighted by Crippen LogP contribution is 2.28. The van der Waals surface area contributed by atoms with Gasteiger partial charge < -0.3 is 0 Å². The Morgan fingerprint density at radius 3 is 2.48 bits per heavy atom. The van der Waals surface area contributed by atoms with Gasteiger partial charge in [0.1, 0.15) is 5.82 Å². The van der Waals surface area contributed by atoms with Crippen molar-refractivity contribution in [3.63, 3.8) is 0 Å². The van der Waals surface area contributed by atoms with Crippen LogP contribution in [0.15, 0.2) is 80.9 Å². The molecule has 3 aromatic rings. The van der Waals surface area contributed by atoms with E-state index in [0.717, 1.165) is 23.8 Å². The molecule has 3 aromatic carbocycles. The van der Waals surface area contributed by atoms with Crippen LogP contribution in [0.3, 0.4) is 0 Å². The van der Waals surface area contributed by atoms with E-state index >= 15 is 0 Å². The lowest BCUT2D eigenvalue weighted by Crippen LogP contribution is -2.13. The minimum atomic E-state index is -4.00. The average molecular weight is 479 g/mol. The Morgan fingerprint density at radius 1 is 1.06 bits per heavy atom. The molecule has 0 spiro atoms. The van der Waals surface area contributed by atoms with Crippen molar-refractivity contribution in [2.45, 2.75) is 16.2 Å². The molecule has 0 bridgehead atoms. The van der Waals surface area contributed by atoms with Gasteiger partial charge in [-0.05, 0) is 60.5 Å². The van der Waals surface area contributed by atoms with Crippen LogP contribution >= 0.6 is 11.6 Å². The van der Waals surface area contributed by atoms with E-state index in [-0.39, 0.29) is 26.9 Å². The molecule has 1 aliphatic rings. The number of halogens is 2. The largest absolute Gasteiger partial charge is 0.285 e. The van der Waals surface area contributed by atoms with E-state index in [1.165, 1.54) is 24.3 Å². The number of sulfonamides is 1. The summed E-state index contributed by atoms with van der Waals surface area (Å²) in [5, 5.41) is -0.312. The number of hydrogen-bond acceptors (Lipinski definition) is 4. The highest BCUT2D eigenvalue weighted by Gasteiger charge is 2.25. The number of nitrogens with one attached hydrogen (secondary N) is 1. The third-order valence-corrected chi connectivity index (χ3v) is 8.75. The summed E-state index contributed by atoms with van der Waals surface area (Å²) < 4.78 is 57.7. The van der Waals surface area contributed by atoms with Gasteiger partial charge in [-0.15, -0.1) is 0 Å². The Labute approximate surface area is 184 Å².